The van der Waals surface area contributed by atoms with Gasteiger partial charge in [-0.3, -0.25) is 4.79 Å². The van der Waals surface area contributed by atoms with Gasteiger partial charge in [-0.25, -0.2) is 17.9 Å². The van der Waals surface area contributed by atoms with Gasteiger partial charge in [0.1, 0.15) is 0 Å². The first-order chi connectivity index (χ1) is 10.8. The summed E-state index contributed by atoms with van der Waals surface area (Å²) in [5, 5.41) is 12.0. The lowest BCUT2D eigenvalue weighted by atomic mass is 9.98. The van der Waals surface area contributed by atoms with E-state index in [0.29, 0.717) is 25.9 Å². The van der Waals surface area contributed by atoms with Crippen LogP contribution in [0.5, 0.6) is 0 Å². The Labute approximate surface area is 136 Å². The number of hydrogen-bond donors (Lipinski definition) is 3. The maximum atomic E-state index is 12.4. The monoisotopic (exact) mass is 347 g/mol. The fourth-order valence-electron chi connectivity index (χ4n) is 3.34. The Bertz CT molecular complexity index is 551. The maximum absolute atomic E-state index is 12.4. The highest BCUT2D eigenvalue weighted by Gasteiger charge is 2.33. The summed E-state index contributed by atoms with van der Waals surface area (Å²) in [7, 11) is -3.24. The first kappa shape index (κ1) is 18.0. The Morgan fingerprint density at radius 3 is 2.61 bits per heavy atom. The molecular formula is C14H25N3O5S. The molecule has 9 heteroatoms. The highest BCUT2D eigenvalue weighted by molar-refractivity contribution is 7.88. The molecule has 0 bridgehead atoms. The van der Waals surface area contributed by atoms with E-state index >= 15 is 0 Å². The van der Waals surface area contributed by atoms with Crippen LogP contribution in [0.4, 0.5) is 4.79 Å². The van der Waals surface area contributed by atoms with Gasteiger partial charge in [0, 0.05) is 25.7 Å². The predicted molar refractivity (Wildman–Crippen MR) is 84.4 cm³/mol. The number of rotatable bonds is 5. The van der Waals surface area contributed by atoms with Crippen LogP contribution >= 0.6 is 0 Å². The lowest BCUT2D eigenvalue weighted by Crippen LogP contribution is -2.51. The molecule has 3 N–H and O–H groups in total. The molecule has 0 aromatic rings. The van der Waals surface area contributed by atoms with E-state index in [1.165, 1.54) is 0 Å². The number of nitrogens with zero attached hydrogens (tertiary/aromatic N) is 1. The average molecular weight is 347 g/mol. The molecule has 3 atom stereocenters. The van der Waals surface area contributed by atoms with Crippen molar-refractivity contribution in [2.45, 2.75) is 38.1 Å². The van der Waals surface area contributed by atoms with Crippen LogP contribution in [0.1, 0.15) is 32.1 Å². The maximum Gasteiger partial charge on any atom is 0.317 e. The number of amides is 2. The molecule has 1 aliphatic heterocycles. The zero-order valence-electron chi connectivity index (χ0n) is 13.3. The number of urea groups is 1. The molecule has 23 heavy (non-hydrogen) atoms. The predicted octanol–water partition coefficient (Wildman–Crippen LogP) is 0.211. The Hall–Kier alpha value is -1.35. The van der Waals surface area contributed by atoms with Crippen molar-refractivity contribution in [3.63, 3.8) is 0 Å². The van der Waals surface area contributed by atoms with E-state index in [0.717, 1.165) is 25.5 Å². The molecule has 1 saturated carbocycles. The molecule has 0 spiro atoms. The average Bonchev–Trinajstić information content (AvgIpc) is 2.91. The summed E-state index contributed by atoms with van der Waals surface area (Å²) in [5.41, 5.74) is 0. The highest BCUT2D eigenvalue weighted by Crippen LogP contribution is 2.26. The molecule has 0 aromatic heterocycles. The number of carboxylic acid groups (broad SMARTS) is 1. The Morgan fingerprint density at radius 1 is 1.22 bits per heavy atom. The number of likely N-dealkylation sites (tertiary alicyclic amines) is 1. The van der Waals surface area contributed by atoms with E-state index in [1.807, 2.05) is 0 Å². The normalized spacial score (nSPS) is 28.6. The fourth-order valence-corrected chi connectivity index (χ4v) is 3.86. The third kappa shape index (κ3) is 5.35. The third-order valence-electron chi connectivity index (χ3n) is 4.63. The van der Waals surface area contributed by atoms with Crippen molar-refractivity contribution in [1.29, 1.82) is 0 Å². The van der Waals surface area contributed by atoms with Crippen molar-refractivity contribution in [1.82, 2.24) is 14.9 Å². The first-order valence-electron chi connectivity index (χ1n) is 7.99. The summed E-state index contributed by atoms with van der Waals surface area (Å²) in [6.45, 7) is 1.12. The summed E-state index contributed by atoms with van der Waals surface area (Å²) in [4.78, 5) is 25.0. The van der Waals surface area contributed by atoms with E-state index in [4.69, 9.17) is 5.11 Å². The molecule has 2 fully saturated rings. The number of nitrogens with one attached hydrogen (secondary N) is 2. The number of hydrogen-bond acceptors (Lipinski definition) is 4. The molecule has 2 aliphatic rings. The minimum absolute atomic E-state index is 0.0676. The number of piperidine rings is 1. The number of carboxylic acids is 1. The van der Waals surface area contributed by atoms with Crippen LogP contribution in [0.15, 0.2) is 0 Å². The van der Waals surface area contributed by atoms with Gasteiger partial charge in [0.2, 0.25) is 10.0 Å². The van der Waals surface area contributed by atoms with Crippen molar-refractivity contribution in [3.8, 4) is 0 Å². The largest absolute Gasteiger partial charge is 0.481 e. The van der Waals surface area contributed by atoms with Gasteiger partial charge in [0.05, 0.1) is 12.2 Å². The van der Waals surface area contributed by atoms with Gasteiger partial charge in [-0.2, -0.15) is 0 Å². The zero-order valence-corrected chi connectivity index (χ0v) is 14.1. The molecule has 1 saturated heterocycles. The molecule has 2 rings (SSSR count). The Balaban J connectivity index is 1.87. The smallest absolute Gasteiger partial charge is 0.317 e. The van der Waals surface area contributed by atoms with Crippen LogP contribution in [-0.2, 0) is 14.8 Å². The van der Waals surface area contributed by atoms with E-state index < -0.39 is 21.9 Å². The summed E-state index contributed by atoms with van der Waals surface area (Å²) in [5.74, 6) is -1.28. The molecular weight excluding hydrogens is 322 g/mol. The summed E-state index contributed by atoms with van der Waals surface area (Å²) < 4.78 is 24.9. The molecule has 0 radical (unpaired) electrons. The van der Waals surface area contributed by atoms with Gasteiger partial charge in [-0.05, 0) is 31.6 Å². The summed E-state index contributed by atoms with van der Waals surface area (Å²) in [6, 6.07) is -0.311. The number of aliphatic carboxylic acids is 1. The standard InChI is InChI=1S/C14H25N3O5S/c1-23(21,22)15-8-10-4-2-6-12(10)16-14(20)17-7-3-5-11(9-17)13(18)19/h10-12,15H,2-9H2,1H3,(H,16,20)(H,18,19). The topological polar surface area (TPSA) is 116 Å². The highest BCUT2D eigenvalue weighted by atomic mass is 32.2. The molecule has 0 aromatic carbocycles. The number of carbonyl (C=O) groups is 2. The van der Waals surface area contributed by atoms with Gasteiger partial charge in [0.25, 0.3) is 0 Å². The quantitative estimate of drug-likeness (QED) is 0.657. The molecule has 3 unspecified atom stereocenters. The van der Waals surface area contributed by atoms with Crippen molar-refractivity contribution < 1.29 is 23.1 Å². The lowest BCUT2D eigenvalue weighted by molar-refractivity contribution is -0.143. The minimum atomic E-state index is -3.24. The van der Waals surface area contributed by atoms with E-state index in [9.17, 15) is 18.0 Å². The first-order valence-corrected chi connectivity index (χ1v) is 9.88. The summed E-state index contributed by atoms with van der Waals surface area (Å²) in [6.07, 6.45) is 5.04. The minimum Gasteiger partial charge on any atom is -0.481 e. The lowest BCUT2D eigenvalue weighted by Gasteiger charge is -2.32. The van der Waals surface area contributed by atoms with E-state index in [2.05, 4.69) is 10.0 Å². The number of carbonyl (C=O) groups excluding carboxylic acids is 1. The Kier molecular flexibility index (Phi) is 5.85. The second-order valence-electron chi connectivity index (χ2n) is 6.49. The number of sulfonamides is 1. The van der Waals surface area contributed by atoms with Crippen LogP contribution in [0.3, 0.4) is 0 Å². The zero-order chi connectivity index (χ0) is 17.0. The van der Waals surface area contributed by atoms with E-state index in [-0.39, 0.29) is 24.5 Å². The molecule has 1 heterocycles. The van der Waals surface area contributed by atoms with Gasteiger partial charge in [0.15, 0.2) is 0 Å². The Morgan fingerprint density at radius 2 is 1.96 bits per heavy atom. The van der Waals surface area contributed by atoms with Crippen molar-refractivity contribution >= 4 is 22.0 Å². The molecule has 2 amide bonds. The van der Waals surface area contributed by atoms with Crippen LogP contribution in [0.25, 0.3) is 0 Å². The van der Waals surface area contributed by atoms with Gasteiger partial charge < -0.3 is 15.3 Å². The van der Waals surface area contributed by atoms with Gasteiger partial charge in [-0.1, -0.05) is 6.42 Å². The van der Waals surface area contributed by atoms with Crippen LogP contribution in [-0.4, -0.2) is 62.4 Å². The third-order valence-corrected chi connectivity index (χ3v) is 5.32. The van der Waals surface area contributed by atoms with E-state index in [1.54, 1.807) is 4.90 Å². The second-order valence-corrected chi connectivity index (χ2v) is 8.32. The molecule has 8 nitrogen and oxygen atoms in total. The fraction of sp³-hybridized carbons (Fsp3) is 0.857. The summed E-state index contributed by atoms with van der Waals surface area (Å²) >= 11 is 0. The van der Waals surface area contributed by atoms with Crippen LogP contribution < -0.4 is 10.0 Å². The SMILES string of the molecule is CS(=O)(=O)NCC1CCCC1NC(=O)N1CCCC(C(=O)O)C1. The van der Waals surface area contributed by atoms with Crippen molar-refractivity contribution in [2.75, 3.05) is 25.9 Å². The van der Waals surface area contributed by atoms with Gasteiger partial charge in [-0.15, -0.1) is 0 Å². The van der Waals surface area contributed by atoms with Crippen LogP contribution in [0.2, 0.25) is 0 Å². The van der Waals surface area contributed by atoms with Crippen molar-refractivity contribution in [2.24, 2.45) is 11.8 Å². The molecule has 132 valence electrons. The van der Waals surface area contributed by atoms with Gasteiger partial charge >= 0.3 is 12.0 Å². The molecule has 1 aliphatic carbocycles. The second kappa shape index (κ2) is 7.48. The van der Waals surface area contributed by atoms with Crippen LogP contribution in [0, 0.1) is 11.8 Å². The van der Waals surface area contributed by atoms with Crippen molar-refractivity contribution in [3.05, 3.63) is 0 Å².